The van der Waals surface area contributed by atoms with E-state index in [1.807, 2.05) is 35.0 Å². The second-order valence-corrected chi connectivity index (χ2v) is 8.27. The summed E-state index contributed by atoms with van der Waals surface area (Å²) in [6.07, 6.45) is 9.97. The van der Waals surface area contributed by atoms with Crippen molar-refractivity contribution in [1.29, 1.82) is 0 Å². The van der Waals surface area contributed by atoms with Crippen molar-refractivity contribution in [2.75, 3.05) is 17.2 Å². The first-order valence-electron chi connectivity index (χ1n) is 10.6. The van der Waals surface area contributed by atoms with Gasteiger partial charge in [0.2, 0.25) is 11.8 Å². The largest absolute Gasteiger partial charge is 0.352 e. The van der Waals surface area contributed by atoms with Gasteiger partial charge in [-0.2, -0.15) is 0 Å². The molecule has 0 saturated heterocycles. The molecule has 3 N–H and O–H groups in total. The summed E-state index contributed by atoms with van der Waals surface area (Å²) < 4.78 is 2.88. The Kier molecular flexibility index (Phi) is 7.61. The number of amides is 2. The van der Waals surface area contributed by atoms with Gasteiger partial charge < -0.3 is 20.5 Å². The van der Waals surface area contributed by atoms with E-state index in [-0.39, 0.29) is 5.91 Å². The summed E-state index contributed by atoms with van der Waals surface area (Å²) >= 11 is 3.46. The Morgan fingerprint density at radius 3 is 2.74 bits per heavy atom. The first kappa shape index (κ1) is 23.1. The summed E-state index contributed by atoms with van der Waals surface area (Å²) in [7, 11) is 0. The Labute approximate surface area is 204 Å². The van der Waals surface area contributed by atoms with Crippen molar-refractivity contribution in [1.82, 2.24) is 24.8 Å². The molecule has 9 nitrogen and oxygen atoms in total. The molecule has 0 bridgehead atoms. The molecule has 0 aliphatic carbocycles. The van der Waals surface area contributed by atoms with E-state index in [1.54, 1.807) is 30.7 Å². The average molecular weight is 520 g/mol. The minimum absolute atomic E-state index is 0.326. The molecular formula is C24H22BrN7O2. The Bertz CT molecular complexity index is 1320. The summed E-state index contributed by atoms with van der Waals surface area (Å²) in [5, 5.41) is 9.55. The highest BCUT2D eigenvalue weighted by molar-refractivity contribution is 9.10. The van der Waals surface area contributed by atoms with E-state index in [0.717, 1.165) is 34.0 Å². The van der Waals surface area contributed by atoms with Crippen molar-refractivity contribution in [3.8, 4) is 0 Å². The minimum Gasteiger partial charge on any atom is -0.352 e. The fraction of sp³-hybridized carbons (Fsp3) is 0.125. The second-order valence-electron chi connectivity index (χ2n) is 7.36. The number of anilines is 3. The minimum atomic E-state index is -0.411. The zero-order valence-electron chi connectivity index (χ0n) is 18.1. The molecule has 0 saturated carbocycles. The predicted octanol–water partition coefficient (Wildman–Crippen LogP) is 4.03. The lowest BCUT2D eigenvalue weighted by Gasteiger charge is -2.10. The lowest BCUT2D eigenvalue weighted by molar-refractivity contribution is -0.117. The van der Waals surface area contributed by atoms with Crippen molar-refractivity contribution < 1.29 is 9.59 Å². The Balaban J connectivity index is 1.34. The third-order valence-electron chi connectivity index (χ3n) is 4.83. The maximum Gasteiger partial charge on any atom is 0.248 e. The van der Waals surface area contributed by atoms with Crippen LogP contribution in [-0.2, 0) is 16.1 Å². The van der Waals surface area contributed by atoms with E-state index in [1.165, 1.54) is 18.5 Å². The number of imidazole rings is 1. The number of nitrogens with one attached hydrogen (secondary N) is 3. The molecule has 0 radical (unpaired) electrons. The highest BCUT2D eigenvalue weighted by Gasteiger charge is 2.07. The van der Waals surface area contributed by atoms with Crippen LogP contribution in [0.2, 0.25) is 0 Å². The van der Waals surface area contributed by atoms with Crippen LogP contribution in [0, 0.1) is 0 Å². The molecule has 2 aromatic carbocycles. The second kappa shape index (κ2) is 11.2. The SMILES string of the molecule is O=C(/C=C/C(=O)Nc1ccc2ncnc(Nc3cccc(Br)c3)c2c1)NCCCn1ccnc1. The summed E-state index contributed by atoms with van der Waals surface area (Å²) in [4.78, 5) is 36.9. The molecule has 2 heterocycles. The lowest BCUT2D eigenvalue weighted by atomic mass is 10.2. The van der Waals surface area contributed by atoms with Gasteiger partial charge in [-0.3, -0.25) is 9.59 Å². The number of rotatable bonds is 9. The van der Waals surface area contributed by atoms with Gasteiger partial charge in [0.15, 0.2) is 0 Å². The molecule has 0 aliphatic rings. The van der Waals surface area contributed by atoms with Gasteiger partial charge in [-0.05, 0) is 42.8 Å². The van der Waals surface area contributed by atoms with Crippen LogP contribution in [0.25, 0.3) is 10.9 Å². The van der Waals surface area contributed by atoms with Crippen LogP contribution in [0.4, 0.5) is 17.2 Å². The number of carbonyl (C=O) groups is 2. The quantitative estimate of drug-likeness (QED) is 0.227. The number of fused-ring (bicyclic) bond motifs is 1. The monoisotopic (exact) mass is 519 g/mol. The molecule has 0 aliphatic heterocycles. The third-order valence-corrected chi connectivity index (χ3v) is 5.32. The smallest absolute Gasteiger partial charge is 0.248 e. The van der Waals surface area contributed by atoms with Crippen LogP contribution in [0.1, 0.15) is 6.42 Å². The van der Waals surface area contributed by atoms with Gasteiger partial charge in [0.1, 0.15) is 12.1 Å². The molecule has 0 fully saturated rings. The van der Waals surface area contributed by atoms with E-state index in [4.69, 9.17) is 0 Å². The first-order valence-corrected chi connectivity index (χ1v) is 11.4. The zero-order valence-corrected chi connectivity index (χ0v) is 19.7. The summed E-state index contributed by atoms with van der Waals surface area (Å²) in [6, 6.07) is 13.1. The van der Waals surface area contributed by atoms with Crippen LogP contribution < -0.4 is 16.0 Å². The molecule has 4 aromatic rings. The van der Waals surface area contributed by atoms with Gasteiger partial charge >= 0.3 is 0 Å². The molecule has 172 valence electrons. The maximum absolute atomic E-state index is 12.3. The number of benzene rings is 2. The van der Waals surface area contributed by atoms with E-state index < -0.39 is 5.91 Å². The van der Waals surface area contributed by atoms with E-state index in [2.05, 4.69) is 46.8 Å². The van der Waals surface area contributed by atoms with Gasteiger partial charge in [0, 0.05) is 58.9 Å². The molecule has 0 atom stereocenters. The average Bonchev–Trinajstić information content (AvgIpc) is 3.35. The zero-order chi connectivity index (χ0) is 23.8. The van der Waals surface area contributed by atoms with Gasteiger partial charge in [-0.15, -0.1) is 0 Å². The number of hydrogen-bond acceptors (Lipinski definition) is 6. The van der Waals surface area contributed by atoms with E-state index in [0.29, 0.717) is 18.1 Å². The molecule has 0 spiro atoms. The topological polar surface area (TPSA) is 114 Å². The Hall–Kier alpha value is -4.05. The number of aromatic nitrogens is 4. The summed E-state index contributed by atoms with van der Waals surface area (Å²) in [6.45, 7) is 1.26. The third kappa shape index (κ3) is 6.48. The fourth-order valence-electron chi connectivity index (χ4n) is 3.22. The van der Waals surface area contributed by atoms with Crippen LogP contribution in [0.15, 0.2) is 84.1 Å². The van der Waals surface area contributed by atoms with Crippen molar-refractivity contribution in [3.63, 3.8) is 0 Å². The standard InChI is InChI=1S/C24H22BrN7O2/c25-17-3-1-4-18(13-17)31-24-20-14-19(5-6-21(20)28-15-29-24)30-23(34)8-7-22(33)27-9-2-11-32-12-10-26-16-32/h1,3-8,10,12-16H,2,9,11H2,(H,27,33)(H,30,34)(H,28,29,31)/b8-7+. The van der Waals surface area contributed by atoms with Crippen molar-refractivity contribution in [3.05, 3.63) is 84.1 Å². The van der Waals surface area contributed by atoms with Crippen LogP contribution >= 0.6 is 15.9 Å². The fourth-order valence-corrected chi connectivity index (χ4v) is 3.62. The Morgan fingerprint density at radius 2 is 1.91 bits per heavy atom. The lowest BCUT2D eigenvalue weighted by Crippen LogP contribution is -2.23. The molecule has 2 amide bonds. The van der Waals surface area contributed by atoms with Gasteiger partial charge in [0.25, 0.3) is 0 Å². The van der Waals surface area contributed by atoms with Gasteiger partial charge in [0.05, 0.1) is 11.8 Å². The predicted molar refractivity (Wildman–Crippen MR) is 135 cm³/mol. The van der Waals surface area contributed by atoms with E-state index >= 15 is 0 Å². The molecule has 34 heavy (non-hydrogen) atoms. The maximum atomic E-state index is 12.3. The van der Waals surface area contributed by atoms with Crippen LogP contribution in [0.3, 0.4) is 0 Å². The molecule has 2 aromatic heterocycles. The Morgan fingerprint density at radius 1 is 1.03 bits per heavy atom. The number of hydrogen-bond donors (Lipinski definition) is 3. The molecule has 4 rings (SSSR count). The summed E-state index contributed by atoms with van der Waals surface area (Å²) in [5.41, 5.74) is 2.16. The number of nitrogens with zero attached hydrogens (tertiary/aromatic N) is 4. The normalized spacial score (nSPS) is 11.0. The number of carbonyl (C=O) groups excluding carboxylic acids is 2. The number of halogens is 1. The van der Waals surface area contributed by atoms with Gasteiger partial charge in [-0.1, -0.05) is 22.0 Å². The van der Waals surface area contributed by atoms with Crippen LogP contribution in [-0.4, -0.2) is 37.9 Å². The van der Waals surface area contributed by atoms with Crippen LogP contribution in [0.5, 0.6) is 0 Å². The highest BCUT2D eigenvalue weighted by Crippen LogP contribution is 2.26. The summed E-state index contributed by atoms with van der Waals surface area (Å²) in [5.74, 6) is -0.121. The molecule has 0 unspecified atom stereocenters. The highest BCUT2D eigenvalue weighted by atomic mass is 79.9. The van der Waals surface area contributed by atoms with Gasteiger partial charge in [-0.25, -0.2) is 15.0 Å². The molecular weight excluding hydrogens is 498 g/mol. The van der Waals surface area contributed by atoms with Crippen molar-refractivity contribution in [2.24, 2.45) is 0 Å². The molecule has 10 heteroatoms. The number of aryl methyl sites for hydroxylation is 1. The first-order chi connectivity index (χ1) is 16.6. The van der Waals surface area contributed by atoms with Crippen molar-refractivity contribution >= 4 is 55.8 Å². The van der Waals surface area contributed by atoms with E-state index in [9.17, 15) is 9.59 Å². The van der Waals surface area contributed by atoms with Crippen molar-refractivity contribution in [2.45, 2.75) is 13.0 Å².